The Kier molecular flexibility index (Phi) is 3.32. The molecular formula is C9H10O6S. The van der Waals surface area contributed by atoms with E-state index in [4.69, 9.17) is 5.11 Å². The van der Waals surface area contributed by atoms with Gasteiger partial charge in [0.1, 0.15) is 0 Å². The van der Waals surface area contributed by atoms with Crippen molar-refractivity contribution in [2.24, 2.45) is 0 Å². The van der Waals surface area contributed by atoms with Crippen LogP contribution >= 0.6 is 0 Å². The molecule has 1 atom stereocenters. The molecule has 0 aliphatic heterocycles. The molecule has 0 aromatic heterocycles. The first-order valence-electron chi connectivity index (χ1n) is 4.22. The maximum Gasteiger partial charge on any atom is 0.365 e. The van der Waals surface area contributed by atoms with E-state index in [0.717, 1.165) is 6.92 Å². The Balaban J connectivity index is 3.03. The van der Waals surface area contributed by atoms with Crippen LogP contribution in [-0.2, 0) is 19.1 Å². The smallest absolute Gasteiger partial charge is 0.365 e. The maximum absolute atomic E-state index is 11.5. The summed E-state index contributed by atoms with van der Waals surface area (Å²) in [5, 5.41) is 17.7. The first-order chi connectivity index (χ1) is 7.26. The van der Waals surface area contributed by atoms with Gasteiger partial charge in [-0.15, -0.1) is 0 Å². The number of hydrogen-bond donors (Lipinski definition) is 2. The summed E-state index contributed by atoms with van der Waals surface area (Å²) in [5.74, 6) is -4.57. The van der Waals surface area contributed by atoms with Crippen LogP contribution in [0.4, 0.5) is 0 Å². The molecule has 0 spiro atoms. The number of aliphatic hydroxyl groups is 1. The molecule has 0 saturated carbocycles. The van der Waals surface area contributed by atoms with Gasteiger partial charge in [-0.25, -0.2) is 8.98 Å². The van der Waals surface area contributed by atoms with E-state index in [1.807, 2.05) is 0 Å². The average Bonchev–Trinajstić information content (AvgIpc) is 2.17. The van der Waals surface area contributed by atoms with Crippen molar-refractivity contribution in [2.45, 2.75) is 17.6 Å². The van der Waals surface area contributed by atoms with Gasteiger partial charge in [-0.1, -0.05) is 18.2 Å². The van der Waals surface area contributed by atoms with Crippen molar-refractivity contribution in [1.29, 1.82) is 0 Å². The van der Waals surface area contributed by atoms with Crippen LogP contribution in [0.25, 0.3) is 0 Å². The van der Waals surface area contributed by atoms with Gasteiger partial charge in [-0.3, -0.25) is 0 Å². The van der Waals surface area contributed by atoms with Crippen LogP contribution in [-0.4, -0.2) is 30.4 Å². The Morgan fingerprint density at radius 1 is 1.31 bits per heavy atom. The molecule has 1 aromatic rings. The zero-order valence-electron chi connectivity index (χ0n) is 8.32. The summed E-state index contributed by atoms with van der Waals surface area (Å²) in [7, 11) is -4.29. The first kappa shape index (κ1) is 12.6. The van der Waals surface area contributed by atoms with Gasteiger partial charge in [-0.2, -0.15) is 8.42 Å². The quantitative estimate of drug-likeness (QED) is 0.580. The highest BCUT2D eigenvalue weighted by Crippen LogP contribution is 2.18. The largest absolute Gasteiger partial charge is 0.477 e. The second-order valence-corrected chi connectivity index (χ2v) is 4.68. The predicted octanol–water partition coefficient (Wildman–Crippen LogP) is 0.185. The van der Waals surface area contributed by atoms with Crippen molar-refractivity contribution >= 4 is 16.1 Å². The van der Waals surface area contributed by atoms with E-state index in [-0.39, 0.29) is 4.90 Å². The summed E-state index contributed by atoms with van der Waals surface area (Å²) < 4.78 is 27.2. The normalized spacial score (nSPS) is 15.4. The molecule has 0 bridgehead atoms. The van der Waals surface area contributed by atoms with E-state index in [2.05, 4.69) is 4.18 Å². The monoisotopic (exact) mass is 246 g/mol. The van der Waals surface area contributed by atoms with Crippen LogP contribution < -0.4 is 0 Å². The van der Waals surface area contributed by atoms with Gasteiger partial charge < -0.3 is 10.2 Å². The third-order valence-electron chi connectivity index (χ3n) is 1.70. The van der Waals surface area contributed by atoms with E-state index in [9.17, 15) is 18.3 Å². The molecule has 0 amide bonds. The van der Waals surface area contributed by atoms with Crippen LogP contribution in [0.2, 0.25) is 0 Å². The van der Waals surface area contributed by atoms with Crippen LogP contribution in [0.15, 0.2) is 35.2 Å². The number of aliphatic carboxylic acids is 1. The summed E-state index contributed by atoms with van der Waals surface area (Å²) in [4.78, 5) is 10.3. The third-order valence-corrected chi connectivity index (χ3v) is 3.09. The van der Waals surface area contributed by atoms with Crippen molar-refractivity contribution in [3.63, 3.8) is 0 Å². The van der Waals surface area contributed by atoms with E-state index in [0.29, 0.717) is 0 Å². The average molecular weight is 246 g/mol. The zero-order valence-corrected chi connectivity index (χ0v) is 9.14. The Hall–Kier alpha value is -1.44. The van der Waals surface area contributed by atoms with E-state index in [1.165, 1.54) is 24.3 Å². The van der Waals surface area contributed by atoms with E-state index >= 15 is 0 Å². The molecule has 2 N–H and O–H groups in total. The van der Waals surface area contributed by atoms with Crippen molar-refractivity contribution in [3.05, 3.63) is 30.3 Å². The van der Waals surface area contributed by atoms with Crippen molar-refractivity contribution in [1.82, 2.24) is 0 Å². The Morgan fingerprint density at radius 2 is 1.81 bits per heavy atom. The standard InChI is InChI=1S/C9H10O6S/c1-9(12,8(10)11)15-16(13,14)7-5-3-2-4-6-7/h2-6,12H,1H3,(H,10,11). The molecule has 0 fully saturated rings. The van der Waals surface area contributed by atoms with Gasteiger partial charge in [0.05, 0.1) is 4.90 Å². The fourth-order valence-corrected chi connectivity index (χ4v) is 1.97. The summed E-state index contributed by atoms with van der Waals surface area (Å²) in [6, 6.07) is 6.95. The fourth-order valence-electron chi connectivity index (χ4n) is 0.885. The molecule has 0 aliphatic rings. The zero-order chi connectivity index (χ0) is 12.4. The summed E-state index contributed by atoms with van der Waals surface area (Å²) >= 11 is 0. The highest BCUT2D eigenvalue weighted by molar-refractivity contribution is 7.86. The molecule has 88 valence electrons. The second kappa shape index (κ2) is 4.20. The maximum atomic E-state index is 11.5. The molecule has 7 heteroatoms. The lowest BCUT2D eigenvalue weighted by atomic mass is 10.3. The van der Waals surface area contributed by atoms with E-state index in [1.54, 1.807) is 6.07 Å². The number of carbonyl (C=O) groups is 1. The second-order valence-electron chi connectivity index (χ2n) is 3.14. The van der Waals surface area contributed by atoms with E-state index < -0.39 is 21.9 Å². The minimum Gasteiger partial charge on any atom is -0.477 e. The van der Waals surface area contributed by atoms with Crippen LogP contribution in [0, 0.1) is 0 Å². The fraction of sp³-hybridized carbons (Fsp3) is 0.222. The van der Waals surface area contributed by atoms with Crippen molar-refractivity contribution < 1.29 is 27.6 Å². The van der Waals surface area contributed by atoms with Gasteiger partial charge in [-0.05, 0) is 12.1 Å². The third kappa shape index (κ3) is 2.78. The molecule has 1 unspecified atom stereocenters. The lowest BCUT2D eigenvalue weighted by Crippen LogP contribution is -2.39. The van der Waals surface area contributed by atoms with Gasteiger partial charge >= 0.3 is 5.97 Å². The number of benzene rings is 1. The number of hydrogen-bond acceptors (Lipinski definition) is 5. The Labute approximate surface area is 92.2 Å². The molecule has 16 heavy (non-hydrogen) atoms. The van der Waals surface area contributed by atoms with Crippen molar-refractivity contribution in [3.8, 4) is 0 Å². The SMILES string of the molecule is CC(O)(OS(=O)(=O)c1ccccc1)C(=O)O. The molecule has 1 rings (SSSR count). The highest BCUT2D eigenvalue weighted by atomic mass is 32.2. The first-order valence-corrected chi connectivity index (χ1v) is 5.63. The highest BCUT2D eigenvalue weighted by Gasteiger charge is 2.37. The molecule has 0 aliphatic carbocycles. The molecule has 0 saturated heterocycles. The molecule has 1 aromatic carbocycles. The summed E-state index contributed by atoms with van der Waals surface area (Å²) in [6.45, 7) is 0.732. The minimum absolute atomic E-state index is 0.225. The van der Waals surface area contributed by atoms with Gasteiger partial charge in [0, 0.05) is 6.92 Å². The Morgan fingerprint density at radius 3 is 2.25 bits per heavy atom. The lowest BCUT2D eigenvalue weighted by molar-refractivity contribution is -0.187. The molecule has 0 heterocycles. The Bertz CT molecular complexity index is 476. The predicted molar refractivity (Wildman–Crippen MR) is 53.0 cm³/mol. The number of carboxylic acid groups (broad SMARTS) is 1. The molecule has 0 radical (unpaired) electrons. The summed E-state index contributed by atoms with van der Waals surface area (Å²) in [6.07, 6.45) is 0. The van der Waals surface area contributed by atoms with Gasteiger partial charge in [0.2, 0.25) is 0 Å². The molecular weight excluding hydrogens is 236 g/mol. The number of rotatable bonds is 4. The van der Waals surface area contributed by atoms with Gasteiger partial charge in [0.15, 0.2) is 0 Å². The van der Waals surface area contributed by atoms with Crippen LogP contribution in [0.1, 0.15) is 6.92 Å². The van der Waals surface area contributed by atoms with Crippen LogP contribution in [0.3, 0.4) is 0 Å². The topological polar surface area (TPSA) is 101 Å². The van der Waals surface area contributed by atoms with Gasteiger partial charge in [0.25, 0.3) is 15.9 Å². The number of carboxylic acids is 1. The summed E-state index contributed by atoms with van der Waals surface area (Å²) in [5.41, 5.74) is 0. The minimum atomic E-state index is -4.29. The molecule has 6 nitrogen and oxygen atoms in total. The lowest BCUT2D eigenvalue weighted by Gasteiger charge is -2.17. The van der Waals surface area contributed by atoms with Crippen LogP contribution in [0.5, 0.6) is 0 Å². The van der Waals surface area contributed by atoms with Crippen molar-refractivity contribution in [2.75, 3.05) is 0 Å².